The smallest absolute Gasteiger partial charge is 0.331 e. The zero-order valence-corrected chi connectivity index (χ0v) is 8.25. The fraction of sp³-hybridized carbons (Fsp3) is 0.111. The maximum atomic E-state index is 10.4. The summed E-state index contributed by atoms with van der Waals surface area (Å²) in [5, 5.41) is 9.20. The molecule has 1 rings (SSSR count). The molecule has 0 aliphatic rings. The van der Waals surface area contributed by atoms with Gasteiger partial charge in [0.2, 0.25) is 0 Å². The van der Waals surface area contributed by atoms with Crippen molar-refractivity contribution >= 4 is 23.4 Å². The summed E-state index contributed by atoms with van der Waals surface area (Å²) in [6, 6.07) is 3.45. The van der Waals surface area contributed by atoms with Gasteiger partial charge in [-0.3, -0.25) is 0 Å². The number of carbonyl (C=O) groups is 1. The van der Waals surface area contributed by atoms with E-state index in [4.69, 9.17) is 10.8 Å². The SMILES string of the molecule is C=C(CSc1ncccc1N)C(=O)O. The summed E-state index contributed by atoms with van der Waals surface area (Å²) in [7, 11) is 0. The molecule has 1 heterocycles. The van der Waals surface area contributed by atoms with Gasteiger partial charge >= 0.3 is 5.97 Å². The summed E-state index contributed by atoms with van der Waals surface area (Å²) < 4.78 is 0. The standard InChI is InChI=1S/C9H10N2O2S/c1-6(9(12)13)5-14-8-7(10)3-2-4-11-8/h2-4H,1,5,10H2,(H,12,13). The minimum atomic E-state index is -0.994. The normalized spacial score (nSPS) is 9.71. The van der Waals surface area contributed by atoms with Crippen molar-refractivity contribution in [2.24, 2.45) is 0 Å². The fourth-order valence-corrected chi connectivity index (χ4v) is 1.55. The predicted octanol–water partition coefficient (Wildman–Crippen LogP) is 1.40. The monoisotopic (exact) mass is 210 g/mol. The van der Waals surface area contributed by atoms with Gasteiger partial charge in [-0.25, -0.2) is 9.78 Å². The summed E-state index contributed by atoms with van der Waals surface area (Å²) in [6.07, 6.45) is 1.61. The molecule has 0 saturated heterocycles. The van der Waals surface area contributed by atoms with Crippen molar-refractivity contribution in [2.75, 3.05) is 11.5 Å². The average Bonchev–Trinajstić information content (AvgIpc) is 2.16. The van der Waals surface area contributed by atoms with Crippen LogP contribution in [0, 0.1) is 0 Å². The number of hydrogen-bond acceptors (Lipinski definition) is 4. The second kappa shape index (κ2) is 4.66. The van der Waals surface area contributed by atoms with Gasteiger partial charge in [-0.2, -0.15) is 0 Å². The summed E-state index contributed by atoms with van der Waals surface area (Å²) >= 11 is 1.27. The molecule has 0 bridgehead atoms. The van der Waals surface area contributed by atoms with E-state index in [9.17, 15) is 4.79 Å². The van der Waals surface area contributed by atoms with E-state index in [2.05, 4.69) is 11.6 Å². The number of carboxylic acid groups (broad SMARTS) is 1. The highest BCUT2D eigenvalue weighted by molar-refractivity contribution is 7.99. The second-order valence-electron chi connectivity index (χ2n) is 2.60. The van der Waals surface area contributed by atoms with E-state index >= 15 is 0 Å². The van der Waals surface area contributed by atoms with Gasteiger partial charge in [-0.05, 0) is 12.1 Å². The highest BCUT2D eigenvalue weighted by Crippen LogP contribution is 2.23. The lowest BCUT2D eigenvalue weighted by Gasteiger charge is -2.02. The van der Waals surface area contributed by atoms with Crippen molar-refractivity contribution in [1.29, 1.82) is 0 Å². The highest BCUT2D eigenvalue weighted by Gasteiger charge is 2.06. The van der Waals surface area contributed by atoms with Crippen molar-refractivity contribution in [2.45, 2.75) is 5.03 Å². The van der Waals surface area contributed by atoms with Crippen LogP contribution in [0.4, 0.5) is 5.69 Å². The Balaban J connectivity index is 2.58. The molecule has 1 aromatic rings. The molecule has 0 radical (unpaired) electrons. The molecule has 3 N–H and O–H groups in total. The zero-order chi connectivity index (χ0) is 10.6. The van der Waals surface area contributed by atoms with Crippen LogP contribution in [-0.4, -0.2) is 21.8 Å². The van der Waals surface area contributed by atoms with Crippen LogP contribution in [0.3, 0.4) is 0 Å². The van der Waals surface area contributed by atoms with Crippen molar-refractivity contribution in [3.63, 3.8) is 0 Å². The van der Waals surface area contributed by atoms with Crippen LogP contribution in [-0.2, 0) is 4.79 Å². The van der Waals surface area contributed by atoms with E-state index in [1.807, 2.05) is 0 Å². The van der Waals surface area contributed by atoms with Gasteiger partial charge in [0, 0.05) is 17.5 Å². The first-order valence-electron chi connectivity index (χ1n) is 3.85. The molecular formula is C9H10N2O2S. The Labute approximate surface area is 85.8 Å². The molecule has 5 heteroatoms. The lowest BCUT2D eigenvalue weighted by atomic mass is 10.4. The third kappa shape index (κ3) is 2.77. The van der Waals surface area contributed by atoms with E-state index < -0.39 is 5.97 Å². The number of aromatic nitrogens is 1. The Morgan fingerprint density at radius 2 is 2.43 bits per heavy atom. The van der Waals surface area contributed by atoms with Crippen molar-refractivity contribution < 1.29 is 9.90 Å². The number of nitrogens with zero attached hydrogens (tertiary/aromatic N) is 1. The van der Waals surface area contributed by atoms with Crippen LogP contribution >= 0.6 is 11.8 Å². The number of pyridine rings is 1. The quantitative estimate of drug-likeness (QED) is 0.580. The van der Waals surface area contributed by atoms with Gasteiger partial charge in [-0.1, -0.05) is 18.3 Å². The number of thioether (sulfide) groups is 1. The summed E-state index contributed by atoms with van der Waals surface area (Å²) in [5.74, 6) is -0.705. The Kier molecular flexibility index (Phi) is 3.53. The van der Waals surface area contributed by atoms with Crippen LogP contribution in [0.5, 0.6) is 0 Å². The van der Waals surface area contributed by atoms with E-state index in [1.165, 1.54) is 11.8 Å². The van der Waals surface area contributed by atoms with Gasteiger partial charge in [-0.15, -0.1) is 0 Å². The molecule has 4 nitrogen and oxygen atoms in total. The fourth-order valence-electron chi connectivity index (χ4n) is 0.741. The third-order valence-electron chi connectivity index (χ3n) is 1.49. The molecule has 0 atom stereocenters. The number of carboxylic acids is 1. The number of anilines is 1. The lowest BCUT2D eigenvalue weighted by molar-refractivity contribution is -0.132. The second-order valence-corrected chi connectivity index (χ2v) is 3.56. The van der Waals surface area contributed by atoms with Crippen molar-refractivity contribution in [3.8, 4) is 0 Å². The Bertz CT molecular complexity index is 366. The predicted molar refractivity (Wildman–Crippen MR) is 56.1 cm³/mol. The molecule has 0 amide bonds. The van der Waals surface area contributed by atoms with Crippen LogP contribution < -0.4 is 5.73 Å². The Hall–Kier alpha value is -1.49. The lowest BCUT2D eigenvalue weighted by Crippen LogP contribution is -2.01. The van der Waals surface area contributed by atoms with Crippen LogP contribution in [0.15, 0.2) is 35.5 Å². The molecule has 0 fully saturated rings. The van der Waals surface area contributed by atoms with Gasteiger partial charge in [0.05, 0.1) is 5.69 Å². The summed E-state index contributed by atoms with van der Waals surface area (Å²) in [6.45, 7) is 3.41. The molecule has 0 unspecified atom stereocenters. The first-order chi connectivity index (χ1) is 6.61. The molecule has 14 heavy (non-hydrogen) atoms. The molecule has 1 aromatic heterocycles. The topological polar surface area (TPSA) is 76.2 Å². The highest BCUT2D eigenvalue weighted by atomic mass is 32.2. The first-order valence-corrected chi connectivity index (χ1v) is 4.84. The molecule has 0 aliphatic carbocycles. The van der Waals surface area contributed by atoms with E-state index in [-0.39, 0.29) is 11.3 Å². The molecule has 0 saturated carbocycles. The zero-order valence-electron chi connectivity index (χ0n) is 7.43. The van der Waals surface area contributed by atoms with Gasteiger partial charge in [0.1, 0.15) is 5.03 Å². The third-order valence-corrected chi connectivity index (χ3v) is 2.59. The van der Waals surface area contributed by atoms with Crippen molar-refractivity contribution in [1.82, 2.24) is 4.98 Å². The summed E-state index contributed by atoms with van der Waals surface area (Å²) in [5.41, 5.74) is 6.31. The number of aliphatic carboxylic acids is 1. The largest absolute Gasteiger partial charge is 0.478 e. The molecule has 0 spiro atoms. The number of nitrogens with two attached hydrogens (primary N) is 1. The van der Waals surface area contributed by atoms with Gasteiger partial charge in [0.25, 0.3) is 0 Å². The molecule has 74 valence electrons. The minimum absolute atomic E-state index is 0.139. The minimum Gasteiger partial charge on any atom is -0.478 e. The average molecular weight is 210 g/mol. The molecule has 0 aliphatic heterocycles. The van der Waals surface area contributed by atoms with Gasteiger partial charge in [0.15, 0.2) is 0 Å². The molecule has 0 aromatic carbocycles. The maximum Gasteiger partial charge on any atom is 0.331 e. The maximum absolute atomic E-state index is 10.4. The number of hydrogen-bond donors (Lipinski definition) is 2. The molecular weight excluding hydrogens is 200 g/mol. The number of nitrogen functional groups attached to an aromatic ring is 1. The Morgan fingerprint density at radius 3 is 3.00 bits per heavy atom. The van der Waals surface area contributed by atoms with E-state index in [0.717, 1.165) is 0 Å². The van der Waals surface area contributed by atoms with Crippen molar-refractivity contribution in [3.05, 3.63) is 30.5 Å². The van der Waals surface area contributed by atoms with E-state index in [0.29, 0.717) is 10.7 Å². The first kappa shape index (κ1) is 10.6. The van der Waals surface area contributed by atoms with Crippen LogP contribution in [0.25, 0.3) is 0 Å². The van der Waals surface area contributed by atoms with Crippen LogP contribution in [0.2, 0.25) is 0 Å². The van der Waals surface area contributed by atoms with Crippen LogP contribution in [0.1, 0.15) is 0 Å². The van der Waals surface area contributed by atoms with Gasteiger partial charge < -0.3 is 10.8 Å². The number of rotatable bonds is 4. The Morgan fingerprint density at radius 1 is 1.71 bits per heavy atom. The summed E-state index contributed by atoms with van der Waals surface area (Å²) in [4.78, 5) is 14.5. The van der Waals surface area contributed by atoms with E-state index in [1.54, 1.807) is 18.3 Å².